The van der Waals surface area contributed by atoms with Gasteiger partial charge in [-0.2, -0.15) is 0 Å². The van der Waals surface area contributed by atoms with Crippen LogP contribution in [0.25, 0.3) is 10.1 Å². The first-order valence-electron chi connectivity index (χ1n) is 5.65. The highest BCUT2D eigenvalue weighted by Crippen LogP contribution is 2.30. The third kappa shape index (κ3) is 2.36. The first-order valence-corrected chi connectivity index (χ1v) is 6.53. The van der Waals surface area contributed by atoms with Gasteiger partial charge in [0.15, 0.2) is 0 Å². The van der Waals surface area contributed by atoms with Gasteiger partial charge in [0, 0.05) is 13.6 Å². The summed E-state index contributed by atoms with van der Waals surface area (Å²) in [5.74, 6) is 0. The van der Waals surface area contributed by atoms with E-state index in [1.54, 1.807) is 0 Å². The van der Waals surface area contributed by atoms with Crippen LogP contribution in [0, 0.1) is 0 Å². The molecule has 2 rings (SSSR count). The lowest BCUT2D eigenvalue weighted by Gasteiger charge is -2.19. The number of hydrogen-bond acceptors (Lipinski definition) is 3. The maximum absolute atomic E-state index is 3.18. The Hall–Kier alpha value is -1.06. The zero-order valence-corrected chi connectivity index (χ0v) is 10.7. The summed E-state index contributed by atoms with van der Waals surface area (Å²) in [7, 11) is 4.17. The third-order valence-corrected chi connectivity index (χ3v) is 3.74. The Balaban J connectivity index is 2.15. The second-order valence-corrected chi connectivity index (χ2v) is 4.91. The molecule has 0 aliphatic heterocycles. The van der Waals surface area contributed by atoms with Gasteiger partial charge in [0.25, 0.3) is 0 Å². The Morgan fingerprint density at radius 2 is 2.19 bits per heavy atom. The number of fused-ring (bicyclic) bond motifs is 1. The smallest absolute Gasteiger partial charge is 0.0576 e. The van der Waals surface area contributed by atoms with Gasteiger partial charge in [-0.3, -0.25) is 0 Å². The van der Waals surface area contributed by atoms with E-state index in [0.717, 1.165) is 13.1 Å². The van der Waals surface area contributed by atoms with Crippen LogP contribution >= 0.6 is 11.3 Å². The molecule has 0 fully saturated rings. The summed E-state index contributed by atoms with van der Waals surface area (Å²) in [6.07, 6.45) is 1.18. The summed E-state index contributed by atoms with van der Waals surface area (Å²) < 4.78 is 1.40. The molecule has 0 amide bonds. The van der Waals surface area contributed by atoms with Crippen LogP contribution in [0.3, 0.4) is 0 Å². The highest BCUT2D eigenvalue weighted by Gasteiger charge is 2.06. The van der Waals surface area contributed by atoms with Crippen molar-refractivity contribution in [3.63, 3.8) is 0 Å². The van der Waals surface area contributed by atoms with E-state index in [0.29, 0.717) is 0 Å². The van der Waals surface area contributed by atoms with Crippen LogP contribution in [0.4, 0.5) is 5.69 Å². The van der Waals surface area contributed by atoms with Crippen molar-refractivity contribution >= 4 is 27.1 Å². The van der Waals surface area contributed by atoms with Crippen LogP contribution in [0.15, 0.2) is 29.6 Å². The number of thiophene rings is 1. The van der Waals surface area contributed by atoms with Crippen molar-refractivity contribution in [2.45, 2.75) is 6.42 Å². The molecule has 0 spiro atoms. The Bertz CT molecular complexity index is 450. The lowest BCUT2D eigenvalue weighted by atomic mass is 10.2. The van der Waals surface area contributed by atoms with Crippen LogP contribution in [-0.2, 0) is 0 Å². The van der Waals surface area contributed by atoms with E-state index in [1.165, 1.54) is 22.2 Å². The van der Waals surface area contributed by atoms with Crippen molar-refractivity contribution in [2.24, 2.45) is 0 Å². The summed E-state index contributed by atoms with van der Waals surface area (Å²) in [6.45, 7) is 2.17. The van der Waals surface area contributed by atoms with Crippen molar-refractivity contribution in [1.29, 1.82) is 0 Å². The molecule has 0 aliphatic rings. The fourth-order valence-electron chi connectivity index (χ4n) is 1.89. The van der Waals surface area contributed by atoms with Gasteiger partial charge in [-0.1, -0.05) is 12.1 Å². The fraction of sp³-hybridized carbons (Fsp3) is 0.385. The second-order valence-electron chi connectivity index (χ2n) is 3.99. The van der Waals surface area contributed by atoms with Crippen LogP contribution in [-0.4, -0.2) is 27.2 Å². The molecule has 0 radical (unpaired) electrons. The Kier molecular flexibility index (Phi) is 3.80. The van der Waals surface area contributed by atoms with Crippen molar-refractivity contribution in [1.82, 2.24) is 5.32 Å². The van der Waals surface area contributed by atoms with E-state index < -0.39 is 0 Å². The normalized spacial score (nSPS) is 10.9. The average molecular weight is 234 g/mol. The van der Waals surface area contributed by atoms with Gasteiger partial charge in [-0.25, -0.2) is 0 Å². The first-order chi connectivity index (χ1) is 7.83. The lowest BCUT2D eigenvalue weighted by Crippen LogP contribution is -2.22. The third-order valence-electron chi connectivity index (χ3n) is 2.79. The summed E-state index contributed by atoms with van der Waals surface area (Å²) >= 11 is 1.82. The minimum Gasteiger partial charge on any atom is -0.373 e. The van der Waals surface area contributed by atoms with E-state index in [-0.39, 0.29) is 0 Å². The summed E-state index contributed by atoms with van der Waals surface area (Å²) in [4.78, 5) is 2.34. The minimum absolute atomic E-state index is 1.07. The molecule has 2 nitrogen and oxygen atoms in total. The molecule has 0 unspecified atom stereocenters. The molecule has 0 saturated carbocycles. The molecule has 16 heavy (non-hydrogen) atoms. The van der Waals surface area contributed by atoms with Gasteiger partial charge < -0.3 is 10.2 Å². The molecule has 1 aromatic heterocycles. The molecular weight excluding hydrogens is 216 g/mol. The molecule has 0 aliphatic carbocycles. The van der Waals surface area contributed by atoms with Crippen molar-refractivity contribution in [3.8, 4) is 0 Å². The number of nitrogens with zero attached hydrogens (tertiary/aromatic N) is 1. The largest absolute Gasteiger partial charge is 0.373 e. The second kappa shape index (κ2) is 5.32. The van der Waals surface area contributed by atoms with E-state index in [4.69, 9.17) is 0 Å². The number of benzene rings is 1. The van der Waals surface area contributed by atoms with Crippen molar-refractivity contribution in [3.05, 3.63) is 29.6 Å². The highest BCUT2D eigenvalue weighted by molar-refractivity contribution is 7.17. The number of anilines is 1. The molecule has 0 atom stereocenters. The van der Waals surface area contributed by atoms with Crippen molar-refractivity contribution in [2.75, 3.05) is 32.1 Å². The van der Waals surface area contributed by atoms with Gasteiger partial charge in [0.1, 0.15) is 0 Å². The quantitative estimate of drug-likeness (QED) is 0.800. The summed E-state index contributed by atoms with van der Waals surface area (Å²) in [5.41, 5.74) is 1.35. The van der Waals surface area contributed by atoms with E-state index in [1.807, 2.05) is 18.4 Å². The Morgan fingerprint density at radius 3 is 3.00 bits per heavy atom. The molecule has 1 heterocycles. The van der Waals surface area contributed by atoms with E-state index in [9.17, 15) is 0 Å². The van der Waals surface area contributed by atoms with Gasteiger partial charge in [-0.15, -0.1) is 11.3 Å². The zero-order valence-electron chi connectivity index (χ0n) is 9.86. The zero-order chi connectivity index (χ0) is 11.4. The molecule has 1 aromatic carbocycles. The molecule has 3 heteroatoms. The van der Waals surface area contributed by atoms with Gasteiger partial charge in [0.05, 0.1) is 10.4 Å². The maximum Gasteiger partial charge on any atom is 0.0576 e. The minimum atomic E-state index is 1.07. The molecule has 0 saturated heterocycles. The number of rotatable bonds is 5. The molecule has 1 N–H and O–H groups in total. The van der Waals surface area contributed by atoms with E-state index in [2.05, 4.69) is 46.9 Å². The summed E-state index contributed by atoms with van der Waals surface area (Å²) in [5, 5.41) is 6.69. The molecular formula is C13H18N2S. The monoisotopic (exact) mass is 234 g/mol. The SMILES string of the molecule is CNCCCN(C)c1cccc2ccsc12. The number of hydrogen-bond donors (Lipinski definition) is 1. The van der Waals surface area contributed by atoms with Gasteiger partial charge in [0.2, 0.25) is 0 Å². The molecule has 0 bridgehead atoms. The lowest BCUT2D eigenvalue weighted by molar-refractivity contribution is 0.714. The van der Waals surface area contributed by atoms with Crippen LogP contribution in [0.5, 0.6) is 0 Å². The predicted octanol–water partition coefficient (Wildman–Crippen LogP) is 2.95. The average Bonchev–Trinajstić information content (AvgIpc) is 2.76. The topological polar surface area (TPSA) is 15.3 Å². The van der Waals surface area contributed by atoms with Gasteiger partial charge in [-0.05, 0) is 42.9 Å². The Morgan fingerprint density at radius 1 is 1.31 bits per heavy atom. The van der Waals surface area contributed by atoms with Crippen molar-refractivity contribution < 1.29 is 0 Å². The summed E-state index contributed by atoms with van der Waals surface area (Å²) in [6, 6.07) is 8.71. The Labute approximate surface area is 101 Å². The number of nitrogens with one attached hydrogen (secondary N) is 1. The van der Waals surface area contributed by atoms with E-state index >= 15 is 0 Å². The highest BCUT2D eigenvalue weighted by atomic mass is 32.1. The van der Waals surface area contributed by atoms with Gasteiger partial charge >= 0.3 is 0 Å². The fourth-order valence-corrected chi connectivity index (χ4v) is 2.86. The predicted molar refractivity (Wildman–Crippen MR) is 73.6 cm³/mol. The first kappa shape index (κ1) is 11.4. The molecule has 86 valence electrons. The maximum atomic E-state index is 3.18. The van der Waals surface area contributed by atoms with Crippen LogP contribution in [0.1, 0.15) is 6.42 Å². The van der Waals surface area contributed by atoms with Crippen LogP contribution in [0.2, 0.25) is 0 Å². The standard InChI is InChI=1S/C13H18N2S/c1-14-8-4-9-15(2)12-6-3-5-11-7-10-16-13(11)12/h3,5-7,10,14H,4,8-9H2,1-2H3. The van der Waals surface area contributed by atoms with Crippen LogP contribution < -0.4 is 10.2 Å². The molecule has 2 aromatic rings.